The molecule has 5 rings (SSSR count). The molecular weight excluding hydrogens is 414 g/mol. The molecule has 0 radical (unpaired) electrons. The van der Waals surface area contributed by atoms with Crippen molar-refractivity contribution in [3.8, 4) is 22.5 Å². The SMILES string of the molecule is O=C(Cn1nc(-c2ccccc2)c2c(Cl)c(-c3ccccc3)nnc21)N1CCOCC1. The van der Waals surface area contributed by atoms with E-state index in [1.165, 1.54) is 0 Å². The van der Waals surface area contributed by atoms with Gasteiger partial charge in [-0.25, -0.2) is 4.68 Å². The number of nitrogens with zero attached hydrogens (tertiary/aromatic N) is 5. The molecule has 0 spiro atoms. The second-order valence-corrected chi connectivity index (χ2v) is 7.67. The Morgan fingerprint density at radius 1 is 0.903 bits per heavy atom. The molecule has 156 valence electrons. The molecule has 0 saturated carbocycles. The summed E-state index contributed by atoms with van der Waals surface area (Å²) in [5.41, 5.74) is 3.54. The summed E-state index contributed by atoms with van der Waals surface area (Å²) in [5, 5.41) is 14.7. The molecule has 0 N–H and O–H groups in total. The van der Waals surface area contributed by atoms with Crippen molar-refractivity contribution >= 4 is 28.5 Å². The first kappa shape index (κ1) is 19.7. The maximum absolute atomic E-state index is 12.9. The zero-order valence-corrected chi connectivity index (χ0v) is 17.5. The molecule has 1 fully saturated rings. The van der Waals surface area contributed by atoms with Gasteiger partial charge in [0.1, 0.15) is 17.9 Å². The molecule has 1 saturated heterocycles. The van der Waals surface area contributed by atoms with E-state index in [1.807, 2.05) is 60.7 Å². The van der Waals surface area contributed by atoms with E-state index < -0.39 is 0 Å². The number of morpholine rings is 1. The van der Waals surface area contributed by atoms with Crippen LogP contribution in [0.25, 0.3) is 33.5 Å². The molecule has 2 aromatic heterocycles. The van der Waals surface area contributed by atoms with Gasteiger partial charge in [0.25, 0.3) is 0 Å². The number of halogens is 1. The molecule has 3 heterocycles. The summed E-state index contributed by atoms with van der Waals surface area (Å²) in [6.07, 6.45) is 0. The van der Waals surface area contributed by atoms with Gasteiger partial charge in [-0.05, 0) is 0 Å². The molecule has 31 heavy (non-hydrogen) atoms. The van der Waals surface area contributed by atoms with Crippen molar-refractivity contribution in [2.75, 3.05) is 26.3 Å². The lowest BCUT2D eigenvalue weighted by atomic mass is 10.1. The lowest BCUT2D eigenvalue weighted by Gasteiger charge is -2.26. The smallest absolute Gasteiger partial charge is 0.244 e. The first-order valence-electron chi connectivity index (χ1n) is 10.1. The fraction of sp³-hybridized carbons (Fsp3) is 0.217. The van der Waals surface area contributed by atoms with Crippen molar-refractivity contribution < 1.29 is 9.53 Å². The average Bonchev–Trinajstić information content (AvgIpc) is 3.20. The summed E-state index contributed by atoms with van der Waals surface area (Å²) >= 11 is 6.86. The van der Waals surface area contributed by atoms with Crippen LogP contribution >= 0.6 is 11.6 Å². The van der Waals surface area contributed by atoms with Crippen LogP contribution in [0.1, 0.15) is 0 Å². The topological polar surface area (TPSA) is 73.1 Å². The third-order valence-electron chi connectivity index (χ3n) is 5.34. The highest BCUT2D eigenvalue weighted by Crippen LogP contribution is 2.37. The predicted molar refractivity (Wildman–Crippen MR) is 119 cm³/mol. The Morgan fingerprint density at radius 2 is 1.52 bits per heavy atom. The van der Waals surface area contributed by atoms with E-state index in [0.29, 0.717) is 53.7 Å². The fourth-order valence-electron chi connectivity index (χ4n) is 3.75. The number of carbonyl (C=O) groups is 1. The summed E-state index contributed by atoms with van der Waals surface area (Å²) in [7, 11) is 0. The second-order valence-electron chi connectivity index (χ2n) is 7.29. The maximum Gasteiger partial charge on any atom is 0.244 e. The molecule has 0 bridgehead atoms. The van der Waals surface area contributed by atoms with Crippen LogP contribution in [0, 0.1) is 0 Å². The highest BCUT2D eigenvalue weighted by Gasteiger charge is 2.24. The van der Waals surface area contributed by atoms with E-state index in [4.69, 9.17) is 21.4 Å². The van der Waals surface area contributed by atoms with Gasteiger partial charge in [-0.2, -0.15) is 5.10 Å². The first-order chi connectivity index (χ1) is 15.2. The summed E-state index contributed by atoms with van der Waals surface area (Å²) in [6, 6.07) is 19.4. The van der Waals surface area contributed by atoms with Crippen LogP contribution in [0.3, 0.4) is 0 Å². The fourth-order valence-corrected chi connectivity index (χ4v) is 4.07. The molecule has 1 amide bonds. The Hall–Kier alpha value is -3.29. The number of rotatable bonds is 4. The van der Waals surface area contributed by atoms with Gasteiger partial charge in [-0.15, -0.1) is 10.2 Å². The third-order valence-corrected chi connectivity index (χ3v) is 5.71. The molecule has 7 nitrogen and oxygen atoms in total. The van der Waals surface area contributed by atoms with E-state index >= 15 is 0 Å². The average molecular weight is 434 g/mol. The van der Waals surface area contributed by atoms with Crippen LogP contribution in [-0.4, -0.2) is 57.1 Å². The Morgan fingerprint density at radius 3 is 2.16 bits per heavy atom. The lowest BCUT2D eigenvalue weighted by Crippen LogP contribution is -2.42. The van der Waals surface area contributed by atoms with Crippen LogP contribution in [-0.2, 0) is 16.1 Å². The maximum atomic E-state index is 12.9. The molecule has 1 aliphatic rings. The molecule has 0 aliphatic carbocycles. The zero-order valence-electron chi connectivity index (χ0n) is 16.7. The van der Waals surface area contributed by atoms with Gasteiger partial charge in [-0.3, -0.25) is 4.79 Å². The van der Waals surface area contributed by atoms with Gasteiger partial charge in [-0.1, -0.05) is 72.3 Å². The van der Waals surface area contributed by atoms with Crippen molar-refractivity contribution in [2.24, 2.45) is 0 Å². The van der Waals surface area contributed by atoms with E-state index in [9.17, 15) is 4.79 Å². The molecule has 2 aromatic carbocycles. The normalized spacial score (nSPS) is 14.2. The van der Waals surface area contributed by atoms with E-state index in [-0.39, 0.29) is 12.5 Å². The van der Waals surface area contributed by atoms with Crippen molar-refractivity contribution in [1.29, 1.82) is 0 Å². The van der Waals surface area contributed by atoms with Gasteiger partial charge < -0.3 is 9.64 Å². The monoisotopic (exact) mass is 433 g/mol. The van der Waals surface area contributed by atoms with Gasteiger partial charge in [0, 0.05) is 24.2 Å². The number of fused-ring (bicyclic) bond motifs is 1. The number of hydrogen-bond donors (Lipinski definition) is 0. The van der Waals surface area contributed by atoms with Gasteiger partial charge >= 0.3 is 0 Å². The summed E-state index contributed by atoms with van der Waals surface area (Å²) < 4.78 is 6.95. The number of hydrogen-bond acceptors (Lipinski definition) is 5. The number of ether oxygens (including phenoxy) is 1. The van der Waals surface area contributed by atoms with Crippen LogP contribution in [0.15, 0.2) is 60.7 Å². The van der Waals surface area contributed by atoms with Gasteiger partial charge in [0.15, 0.2) is 5.65 Å². The Bertz CT molecular complexity index is 1220. The van der Waals surface area contributed by atoms with E-state index in [1.54, 1.807) is 9.58 Å². The van der Waals surface area contributed by atoms with Crippen molar-refractivity contribution in [3.05, 3.63) is 65.7 Å². The summed E-state index contributed by atoms with van der Waals surface area (Å²) in [4.78, 5) is 14.6. The van der Waals surface area contributed by atoms with Gasteiger partial charge in [0.2, 0.25) is 5.91 Å². The molecule has 0 unspecified atom stereocenters. The predicted octanol–water partition coefficient (Wildman–Crippen LogP) is 3.67. The molecular formula is C23H20ClN5O2. The summed E-state index contributed by atoms with van der Waals surface area (Å²) in [6.45, 7) is 2.32. The Labute approximate surface area is 184 Å². The number of amides is 1. The zero-order chi connectivity index (χ0) is 21.2. The van der Waals surface area contributed by atoms with Crippen molar-refractivity contribution in [3.63, 3.8) is 0 Å². The van der Waals surface area contributed by atoms with Crippen molar-refractivity contribution in [2.45, 2.75) is 6.54 Å². The van der Waals surface area contributed by atoms with Crippen LogP contribution in [0.2, 0.25) is 5.02 Å². The summed E-state index contributed by atoms with van der Waals surface area (Å²) in [5.74, 6) is -0.0302. The Kier molecular flexibility index (Phi) is 5.36. The first-order valence-corrected chi connectivity index (χ1v) is 10.5. The molecule has 4 aromatic rings. The number of benzene rings is 2. The second kappa shape index (κ2) is 8.45. The minimum atomic E-state index is -0.0302. The van der Waals surface area contributed by atoms with Crippen LogP contribution < -0.4 is 0 Å². The van der Waals surface area contributed by atoms with E-state index in [0.717, 1.165) is 11.1 Å². The molecule has 1 aliphatic heterocycles. The standard InChI is InChI=1S/C23H20ClN5O2/c24-20-19-21(16-7-3-1-4-8-16)27-29(15-18(30)28-11-13-31-14-12-28)23(19)26-25-22(20)17-9-5-2-6-10-17/h1-10H,11-15H2. The third kappa shape index (κ3) is 3.78. The minimum absolute atomic E-state index is 0.0302. The molecule has 8 heteroatoms. The minimum Gasteiger partial charge on any atom is -0.378 e. The highest BCUT2D eigenvalue weighted by molar-refractivity contribution is 6.38. The van der Waals surface area contributed by atoms with Crippen LogP contribution in [0.5, 0.6) is 0 Å². The van der Waals surface area contributed by atoms with Gasteiger partial charge in [0.05, 0.1) is 23.6 Å². The molecule has 0 atom stereocenters. The van der Waals surface area contributed by atoms with Crippen LogP contribution in [0.4, 0.5) is 0 Å². The lowest BCUT2D eigenvalue weighted by molar-refractivity contribution is -0.136. The number of aromatic nitrogens is 4. The van der Waals surface area contributed by atoms with E-state index in [2.05, 4.69) is 10.2 Å². The number of carbonyl (C=O) groups excluding carboxylic acids is 1. The Balaban J connectivity index is 1.63. The largest absolute Gasteiger partial charge is 0.378 e. The quantitative estimate of drug-likeness (QED) is 0.491. The van der Waals surface area contributed by atoms with Crippen molar-refractivity contribution in [1.82, 2.24) is 24.9 Å². The highest BCUT2D eigenvalue weighted by atomic mass is 35.5.